The third-order valence-electron chi connectivity index (χ3n) is 3.53. The number of nitrogens with zero attached hydrogens (tertiary/aromatic N) is 1. The highest BCUT2D eigenvalue weighted by Crippen LogP contribution is 2.03. The summed E-state index contributed by atoms with van der Waals surface area (Å²) in [4.78, 5) is 46.3. The van der Waals surface area contributed by atoms with Crippen LogP contribution in [-0.2, 0) is 33.4 Å². The Morgan fingerprint density at radius 1 is 0.852 bits per heavy atom. The quantitative estimate of drug-likeness (QED) is 0.263. The molecule has 1 aliphatic heterocycles. The molecule has 27 heavy (non-hydrogen) atoms. The predicted molar refractivity (Wildman–Crippen MR) is 94.6 cm³/mol. The van der Waals surface area contributed by atoms with Crippen LogP contribution in [0, 0.1) is 0 Å². The Morgan fingerprint density at radius 2 is 1.41 bits per heavy atom. The summed E-state index contributed by atoms with van der Waals surface area (Å²) in [6.07, 6.45) is 2.76. The summed E-state index contributed by atoms with van der Waals surface area (Å²) in [6, 6.07) is 0. The predicted octanol–water partition coefficient (Wildman–Crippen LogP) is -1.40. The summed E-state index contributed by atoms with van der Waals surface area (Å²) >= 11 is 0. The van der Waals surface area contributed by atoms with E-state index in [-0.39, 0.29) is 24.8 Å². The second-order valence-electron chi connectivity index (χ2n) is 5.52. The van der Waals surface area contributed by atoms with Crippen molar-refractivity contribution in [2.24, 2.45) is 0 Å². The van der Waals surface area contributed by atoms with Gasteiger partial charge < -0.3 is 24.8 Å². The zero-order valence-electron chi connectivity index (χ0n) is 15.5. The molecule has 1 aliphatic rings. The number of amides is 4. The molecule has 152 valence electrons. The molecular weight excluding hydrogens is 358 g/mol. The van der Waals surface area contributed by atoms with Gasteiger partial charge in [-0.05, 0) is 0 Å². The Morgan fingerprint density at radius 3 is 2.00 bits per heavy atom. The summed E-state index contributed by atoms with van der Waals surface area (Å²) in [7, 11) is 1.58. The minimum atomic E-state index is -0.395. The molecule has 2 N–H and O–H groups in total. The van der Waals surface area contributed by atoms with Crippen molar-refractivity contribution >= 4 is 23.6 Å². The molecule has 0 radical (unpaired) electrons. The smallest absolute Gasteiger partial charge is 0.253 e. The fourth-order valence-electron chi connectivity index (χ4n) is 2.05. The maximum absolute atomic E-state index is 11.6. The van der Waals surface area contributed by atoms with Gasteiger partial charge in [0.25, 0.3) is 11.8 Å². The molecule has 0 saturated carbocycles. The van der Waals surface area contributed by atoms with Crippen molar-refractivity contribution in [2.45, 2.75) is 12.8 Å². The van der Waals surface area contributed by atoms with E-state index in [4.69, 9.17) is 14.2 Å². The van der Waals surface area contributed by atoms with Gasteiger partial charge in [-0.2, -0.15) is 0 Å². The van der Waals surface area contributed by atoms with Crippen LogP contribution >= 0.6 is 0 Å². The van der Waals surface area contributed by atoms with Gasteiger partial charge in [0.2, 0.25) is 11.8 Å². The van der Waals surface area contributed by atoms with Crippen LogP contribution in [0.25, 0.3) is 0 Å². The fraction of sp³-hybridized carbons (Fsp3) is 0.647. The highest BCUT2D eigenvalue weighted by atomic mass is 16.5. The van der Waals surface area contributed by atoms with Gasteiger partial charge in [-0.15, -0.1) is 0 Å². The van der Waals surface area contributed by atoms with E-state index < -0.39 is 11.8 Å². The number of rotatable bonds is 15. The molecule has 10 nitrogen and oxygen atoms in total. The first-order valence-corrected chi connectivity index (χ1v) is 8.78. The highest BCUT2D eigenvalue weighted by Gasteiger charge is 2.23. The molecule has 0 bridgehead atoms. The van der Waals surface area contributed by atoms with Gasteiger partial charge in [-0.25, -0.2) is 0 Å². The summed E-state index contributed by atoms with van der Waals surface area (Å²) < 4.78 is 15.8. The van der Waals surface area contributed by atoms with Crippen LogP contribution < -0.4 is 10.6 Å². The van der Waals surface area contributed by atoms with E-state index >= 15 is 0 Å². The van der Waals surface area contributed by atoms with E-state index in [9.17, 15) is 19.2 Å². The van der Waals surface area contributed by atoms with Crippen LogP contribution in [0.1, 0.15) is 12.8 Å². The van der Waals surface area contributed by atoms with E-state index in [1.807, 2.05) is 0 Å². The average molecular weight is 385 g/mol. The summed E-state index contributed by atoms with van der Waals surface area (Å²) in [6.45, 7) is 2.70. The van der Waals surface area contributed by atoms with Crippen molar-refractivity contribution in [3.05, 3.63) is 12.2 Å². The minimum absolute atomic E-state index is 0.0577. The number of nitrogens with one attached hydrogen (secondary N) is 2. The lowest BCUT2D eigenvalue weighted by Crippen LogP contribution is -2.35. The lowest BCUT2D eigenvalue weighted by atomic mass is 10.3. The van der Waals surface area contributed by atoms with Gasteiger partial charge in [0.1, 0.15) is 0 Å². The lowest BCUT2D eigenvalue weighted by molar-refractivity contribution is -0.137. The fourth-order valence-corrected chi connectivity index (χ4v) is 2.05. The zero-order valence-corrected chi connectivity index (χ0v) is 15.5. The van der Waals surface area contributed by atoms with Crippen LogP contribution in [-0.4, -0.2) is 88.3 Å². The first-order valence-electron chi connectivity index (χ1n) is 8.78. The molecule has 4 amide bonds. The Labute approximate surface area is 158 Å². The normalized spacial score (nSPS) is 13.3. The molecule has 1 heterocycles. The third-order valence-corrected chi connectivity index (χ3v) is 3.53. The van der Waals surface area contributed by atoms with Gasteiger partial charge in [-0.1, -0.05) is 0 Å². The number of carbonyl (C=O) groups is 4. The van der Waals surface area contributed by atoms with Crippen LogP contribution in [0.2, 0.25) is 0 Å². The monoisotopic (exact) mass is 385 g/mol. The standard InChI is InChI=1S/C17H27N3O7/c1-18-14(21)5-8-25-10-12-27-13-11-26-9-6-19-15(22)4-7-20-16(23)2-3-17(20)24/h2-3H,4-13H2,1H3,(H,18,21)(H,19,22). The maximum atomic E-state index is 11.6. The maximum Gasteiger partial charge on any atom is 0.253 e. The molecule has 0 fully saturated rings. The van der Waals surface area contributed by atoms with Crippen molar-refractivity contribution in [3.8, 4) is 0 Å². The van der Waals surface area contributed by atoms with E-state index in [0.717, 1.165) is 4.90 Å². The topological polar surface area (TPSA) is 123 Å². The van der Waals surface area contributed by atoms with Gasteiger partial charge in [-0.3, -0.25) is 24.1 Å². The van der Waals surface area contributed by atoms with Gasteiger partial charge in [0.15, 0.2) is 0 Å². The summed E-state index contributed by atoms with van der Waals surface area (Å²) in [5.74, 6) is -1.11. The molecule has 0 atom stereocenters. The second kappa shape index (κ2) is 13.8. The van der Waals surface area contributed by atoms with Gasteiger partial charge >= 0.3 is 0 Å². The largest absolute Gasteiger partial charge is 0.379 e. The molecule has 0 spiro atoms. The summed E-state index contributed by atoms with van der Waals surface area (Å²) in [5.41, 5.74) is 0. The van der Waals surface area contributed by atoms with Gasteiger partial charge in [0.05, 0.1) is 39.6 Å². The third kappa shape index (κ3) is 10.4. The Kier molecular flexibility index (Phi) is 11.7. The van der Waals surface area contributed by atoms with Crippen molar-refractivity contribution in [1.29, 1.82) is 0 Å². The van der Waals surface area contributed by atoms with Crippen LogP contribution in [0.4, 0.5) is 0 Å². The van der Waals surface area contributed by atoms with Crippen LogP contribution in [0.15, 0.2) is 12.2 Å². The Hall–Kier alpha value is -2.30. The van der Waals surface area contributed by atoms with Crippen LogP contribution in [0.5, 0.6) is 0 Å². The van der Waals surface area contributed by atoms with Crippen molar-refractivity contribution < 1.29 is 33.4 Å². The molecule has 0 aromatic heterocycles. The molecular formula is C17H27N3O7. The molecule has 0 aliphatic carbocycles. The molecule has 0 saturated heterocycles. The molecule has 10 heteroatoms. The lowest BCUT2D eigenvalue weighted by Gasteiger charge is -2.13. The highest BCUT2D eigenvalue weighted by molar-refractivity contribution is 6.13. The van der Waals surface area contributed by atoms with Crippen molar-refractivity contribution in [2.75, 3.05) is 59.8 Å². The van der Waals surface area contributed by atoms with E-state index in [2.05, 4.69) is 10.6 Å². The molecule has 1 rings (SSSR count). The average Bonchev–Trinajstić information content (AvgIpc) is 2.98. The number of ether oxygens (including phenoxy) is 3. The first kappa shape index (κ1) is 22.7. The summed E-state index contributed by atoms with van der Waals surface area (Å²) in [5, 5.41) is 5.15. The molecule has 0 aromatic rings. The van der Waals surface area contributed by atoms with Crippen molar-refractivity contribution in [1.82, 2.24) is 15.5 Å². The number of imide groups is 1. The zero-order chi connectivity index (χ0) is 19.9. The van der Waals surface area contributed by atoms with Crippen LogP contribution in [0.3, 0.4) is 0 Å². The number of hydrogen-bond acceptors (Lipinski definition) is 7. The Bertz CT molecular complexity index is 519. The number of carbonyl (C=O) groups excluding carboxylic acids is 4. The SMILES string of the molecule is CNC(=O)CCOCCOCCOCCNC(=O)CCN1C(=O)C=CC1=O. The minimum Gasteiger partial charge on any atom is -0.379 e. The first-order chi connectivity index (χ1) is 13.0. The second-order valence-corrected chi connectivity index (χ2v) is 5.52. The van der Waals surface area contributed by atoms with Gasteiger partial charge in [0, 0.05) is 45.1 Å². The molecule has 0 unspecified atom stereocenters. The van der Waals surface area contributed by atoms with E-state index in [0.29, 0.717) is 52.6 Å². The molecule has 0 aromatic carbocycles. The number of hydrogen-bond donors (Lipinski definition) is 2. The van der Waals surface area contributed by atoms with E-state index in [1.54, 1.807) is 7.05 Å². The Balaban J connectivity index is 1.84. The van der Waals surface area contributed by atoms with Crippen molar-refractivity contribution in [3.63, 3.8) is 0 Å². The van der Waals surface area contributed by atoms with E-state index in [1.165, 1.54) is 12.2 Å².